The molecule has 1 N–H and O–H groups in total. The van der Waals surface area contributed by atoms with Crippen molar-refractivity contribution in [2.24, 2.45) is 0 Å². The number of unbranched alkanes of at least 4 members (excludes halogenated alkanes) is 1. The summed E-state index contributed by atoms with van der Waals surface area (Å²) in [6.07, 6.45) is 4.05. The lowest BCUT2D eigenvalue weighted by atomic mass is 9.94. The third-order valence-electron chi connectivity index (χ3n) is 6.62. The summed E-state index contributed by atoms with van der Waals surface area (Å²) >= 11 is 0. The predicted octanol–water partition coefficient (Wildman–Crippen LogP) is 6.62. The van der Waals surface area contributed by atoms with E-state index >= 15 is 0 Å². The zero-order valence-corrected chi connectivity index (χ0v) is 21.2. The number of carbonyl (C=O) groups is 2. The highest BCUT2D eigenvalue weighted by atomic mass is 16.5. The van der Waals surface area contributed by atoms with E-state index in [0.717, 1.165) is 36.8 Å². The van der Waals surface area contributed by atoms with Crippen LogP contribution < -0.4 is 9.64 Å². The summed E-state index contributed by atoms with van der Waals surface area (Å²) in [4.78, 5) is 28.2. The molecule has 4 rings (SSSR count). The zero-order valence-electron chi connectivity index (χ0n) is 21.2. The van der Waals surface area contributed by atoms with Gasteiger partial charge in [-0.05, 0) is 79.3 Å². The number of carbonyl (C=O) groups excluding carboxylic acids is 2. The third kappa shape index (κ3) is 5.06. The lowest BCUT2D eigenvalue weighted by molar-refractivity contribution is -0.132. The molecule has 1 unspecified atom stereocenters. The number of hydrogen-bond donors (Lipinski definition) is 1. The fourth-order valence-electron chi connectivity index (χ4n) is 4.59. The van der Waals surface area contributed by atoms with E-state index in [2.05, 4.69) is 13.8 Å². The molecule has 5 heteroatoms. The Labute approximate surface area is 213 Å². The lowest BCUT2D eigenvalue weighted by Gasteiger charge is -2.26. The molecular weight excluding hydrogens is 450 g/mol. The molecule has 1 amide bonds. The second kappa shape index (κ2) is 11.3. The molecule has 1 heterocycles. The molecule has 1 saturated heterocycles. The van der Waals surface area contributed by atoms with Crippen molar-refractivity contribution in [3.8, 4) is 5.75 Å². The Bertz CT molecular complexity index is 1240. The molecular formula is C31H33NO4. The number of aliphatic hydroxyl groups is 1. The minimum absolute atomic E-state index is 0.0865. The van der Waals surface area contributed by atoms with Crippen molar-refractivity contribution in [2.45, 2.75) is 52.5 Å². The summed E-state index contributed by atoms with van der Waals surface area (Å²) in [5.41, 5.74) is 4.30. The predicted molar refractivity (Wildman–Crippen MR) is 143 cm³/mol. The zero-order chi connectivity index (χ0) is 25.7. The van der Waals surface area contributed by atoms with E-state index in [0.29, 0.717) is 23.6 Å². The van der Waals surface area contributed by atoms with Gasteiger partial charge in [0.2, 0.25) is 0 Å². The second-order valence-electron chi connectivity index (χ2n) is 8.99. The molecule has 0 spiro atoms. The van der Waals surface area contributed by atoms with Gasteiger partial charge in [0, 0.05) is 11.3 Å². The summed E-state index contributed by atoms with van der Waals surface area (Å²) in [7, 11) is 0. The molecule has 1 aliphatic rings. The number of hydrogen-bond acceptors (Lipinski definition) is 4. The number of Topliss-reactive ketones (excluding diaryl/α,β-unsaturated/α-hetero) is 1. The smallest absolute Gasteiger partial charge is 0.300 e. The highest BCUT2D eigenvalue weighted by Crippen LogP contribution is 2.42. The van der Waals surface area contributed by atoms with Crippen LogP contribution in [0.5, 0.6) is 5.75 Å². The van der Waals surface area contributed by atoms with Crippen molar-refractivity contribution in [1.29, 1.82) is 0 Å². The molecule has 0 radical (unpaired) electrons. The molecule has 0 aromatic heterocycles. The molecule has 3 aromatic carbocycles. The number of ketones is 1. The SMILES string of the molecule is CCCCc1ccc(N2C(=O)C(=O)/C(=C(/O)c3ccc(OCC)cc3)C2c2ccc(CC)cc2)cc1. The first kappa shape index (κ1) is 25.2. The van der Waals surface area contributed by atoms with Crippen LogP contribution >= 0.6 is 0 Å². The maximum atomic E-state index is 13.4. The summed E-state index contributed by atoms with van der Waals surface area (Å²) in [6.45, 7) is 6.66. The van der Waals surface area contributed by atoms with Gasteiger partial charge in [0.15, 0.2) is 0 Å². The lowest BCUT2D eigenvalue weighted by Crippen LogP contribution is -2.29. The number of anilines is 1. The number of benzene rings is 3. The quantitative estimate of drug-likeness (QED) is 0.211. The van der Waals surface area contributed by atoms with Crippen LogP contribution in [0.3, 0.4) is 0 Å². The van der Waals surface area contributed by atoms with Gasteiger partial charge >= 0.3 is 0 Å². The molecule has 5 nitrogen and oxygen atoms in total. The van der Waals surface area contributed by atoms with Crippen LogP contribution in [0.15, 0.2) is 78.4 Å². The molecule has 3 aromatic rings. The van der Waals surface area contributed by atoms with Gasteiger partial charge in [0.25, 0.3) is 11.7 Å². The van der Waals surface area contributed by atoms with Gasteiger partial charge in [-0.3, -0.25) is 14.5 Å². The Morgan fingerprint density at radius 3 is 2.08 bits per heavy atom. The van der Waals surface area contributed by atoms with Crippen molar-refractivity contribution in [3.63, 3.8) is 0 Å². The topological polar surface area (TPSA) is 66.8 Å². The Hall–Kier alpha value is -3.86. The third-order valence-corrected chi connectivity index (χ3v) is 6.62. The van der Waals surface area contributed by atoms with Gasteiger partial charge in [-0.25, -0.2) is 0 Å². The summed E-state index contributed by atoms with van der Waals surface area (Å²) in [6, 6.07) is 21.8. The minimum atomic E-state index is -0.732. The number of rotatable bonds is 9. The average molecular weight is 484 g/mol. The first-order valence-corrected chi connectivity index (χ1v) is 12.7. The van der Waals surface area contributed by atoms with Crippen LogP contribution in [0.2, 0.25) is 0 Å². The van der Waals surface area contributed by atoms with Crippen LogP contribution in [-0.2, 0) is 22.4 Å². The van der Waals surface area contributed by atoms with Crippen molar-refractivity contribution < 1.29 is 19.4 Å². The number of amides is 1. The molecule has 1 aliphatic heterocycles. The van der Waals surface area contributed by atoms with E-state index in [1.165, 1.54) is 10.5 Å². The molecule has 0 saturated carbocycles. The van der Waals surface area contributed by atoms with Gasteiger partial charge in [-0.15, -0.1) is 0 Å². The largest absolute Gasteiger partial charge is 0.507 e. The Morgan fingerprint density at radius 1 is 0.861 bits per heavy atom. The first-order chi connectivity index (χ1) is 17.5. The Balaban J connectivity index is 1.81. The van der Waals surface area contributed by atoms with Gasteiger partial charge in [-0.2, -0.15) is 0 Å². The van der Waals surface area contributed by atoms with Crippen LogP contribution in [0, 0.1) is 0 Å². The number of aliphatic hydroxyl groups excluding tert-OH is 1. The van der Waals surface area contributed by atoms with E-state index < -0.39 is 17.7 Å². The van der Waals surface area contributed by atoms with Gasteiger partial charge < -0.3 is 9.84 Å². The van der Waals surface area contributed by atoms with Crippen LogP contribution in [0.25, 0.3) is 5.76 Å². The van der Waals surface area contributed by atoms with Gasteiger partial charge in [-0.1, -0.05) is 56.7 Å². The van der Waals surface area contributed by atoms with Crippen molar-refractivity contribution in [2.75, 3.05) is 11.5 Å². The maximum absolute atomic E-state index is 13.4. The van der Waals surface area contributed by atoms with E-state index in [1.54, 1.807) is 24.3 Å². The molecule has 1 fully saturated rings. The monoisotopic (exact) mass is 483 g/mol. The molecule has 0 bridgehead atoms. The van der Waals surface area contributed by atoms with Crippen LogP contribution in [0.4, 0.5) is 5.69 Å². The number of ether oxygens (including phenoxy) is 1. The van der Waals surface area contributed by atoms with Gasteiger partial charge in [0.05, 0.1) is 18.2 Å². The van der Waals surface area contributed by atoms with E-state index in [1.807, 2.05) is 55.5 Å². The maximum Gasteiger partial charge on any atom is 0.300 e. The minimum Gasteiger partial charge on any atom is -0.507 e. The highest BCUT2D eigenvalue weighted by molar-refractivity contribution is 6.51. The molecule has 1 atom stereocenters. The van der Waals surface area contributed by atoms with E-state index in [9.17, 15) is 14.7 Å². The Kier molecular flexibility index (Phi) is 7.89. The number of nitrogens with zero attached hydrogens (tertiary/aromatic N) is 1. The van der Waals surface area contributed by atoms with Gasteiger partial charge in [0.1, 0.15) is 11.5 Å². The second-order valence-corrected chi connectivity index (χ2v) is 8.99. The van der Waals surface area contributed by atoms with Crippen molar-refractivity contribution >= 4 is 23.1 Å². The van der Waals surface area contributed by atoms with Crippen LogP contribution in [0.1, 0.15) is 61.9 Å². The highest BCUT2D eigenvalue weighted by Gasteiger charge is 2.46. The van der Waals surface area contributed by atoms with Crippen molar-refractivity contribution in [3.05, 3.63) is 101 Å². The first-order valence-electron chi connectivity index (χ1n) is 12.7. The van der Waals surface area contributed by atoms with Crippen LogP contribution in [-0.4, -0.2) is 23.4 Å². The molecule has 36 heavy (non-hydrogen) atoms. The summed E-state index contributed by atoms with van der Waals surface area (Å²) in [5.74, 6) is -0.859. The summed E-state index contributed by atoms with van der Waals surface area (Å²) < 4.78 is 5.50. The summed E-state index contributed by atoms with van der Waals surface area (Å²) in [5, 5.41) is 11.3. The van der Waals surface area contributed by atoms with E-state index in [-0.39, 0.29) is 11.3 Å². The standard InChI is InChI=1S/C31H33NO4/c1-4-7-8-22-11-17-25(18-12-22)32-28(23-13-9-21(5-2)10-14-23)27(30(34)31(32)35)29(33)24-15-19-26(20-16-24)36-6-3/h9-20,28,33H,4-8H2,1-3H3/b29-27+. The van der Waals surface area contributed by atoms with E-state index in [4.69, 9.17) is 4.74 Å². The normalized spacial score (nSPS) is 17.0. The van der Waals surface area contributed by atoms with Crippen molar-refractivity contribution in [1.82, 2.24) is 0 Å². The fraction of sp³-hybridized carbons (Fsp3) is 0.290. The average Bonchev–Trinajstić information content (AvgIpc) is 3.18. The number of aryl methyl sites for hydroxylation is 2. The fourth-order valence-corrected chi connectivity index (χ4v) is 4.59. The molecule has 186 valence electrons. The molecule has 0 aliphatic carbocycles. The Morgan fingerprint density at radius 2 is 1.50 bits per heavy atom.